The molecule has 7 atom stereocenters. The Hall–Kier alpha value is -2.89. The van der Waals surface area contributed by atoms with Crippen molar-refractivity contribution in [3.05, 3.63) is 97.2 Å². The maximum atomic E-state index is 13.1. The fourth-order valence-electron chi connectivity index (χ4n) is 9.88. The van der Waals surface area contributed by atoms with E-state index in [1.807, 2.05) is 0 Å². The van der Waals surface area contributed by atoms with Crippen molar-refractivity contribution in [2.45, 2.75) is 320 Å². The van der Waals surface area contributed by atoms with E-state index in [-0.39, 0.29) is 12.5 Å². The van der Waals surface area contributed by atoms with Gasteiger partial charge in [-0.15, -0.1) is 0 Å². The number of amides is 1. The fourth-order valence-corrected chi connectivity index (χ4v) is 9.88. The number of hydrogen-bond acceptors (Lipinski definition) is 8. The van der Waals surface area contributed by atoms with Crippen molar-refractivity contribution in [3.8, 4) is 0 Å². The van der Waals surface area contributed by atoms with Gasteiger partial charge in [0.05, 0.1) is 25.4 Å². The molecule has 0 saturated carbocycles. The lowest BCUT2D eigenvalue weighted by Gasteiger charge is -2.40. The Balaban J connectivity index is 2.16. The number of ether oxygens (including phenoxy) is 2. The first-order valence-electron chi connectivity index (χ1n) is 32.4. The zero-order valence-corrected chi connectivity index (χ0v) is 50.1. The maximum absolute atomic E-state index is 13.1. The molecule has 0 aromatic rings. The molecule has 0 aromatic carbocycles. The molecule has 1 amide bonds. The number of carbonyl (C=O) groups is 1. The molecule has 9 nitrogen and oxygen atoms in total. The molecule has 1 saturated heterocycles. The molecule has 0 aromatic heterocycles. The van der Waals surface area contributed by atoms with Gasteiger partial charge in [0, 0.05) is 6.42 Å². The van der Waals surface area contributed by atoms with Gasteiger partial charge >= 0.3 is 0 Å². The lowest BCUT2D eigenvalue weighted by Crippen LogP contribution is -2.60. The number of hydrogen-bond donors (Lipinski definition) is 6. The Morgan fingerprint density at radius 1 is 0.449 bits per heavy atom. The molecule has 0 radical (unpaired) electrons. The minimum atomic E-state index is -1.56. The van der Waals surface area contributed by atoms with Crippen LogP contribution in [0.4, 0.5) is 0 Å². The maximum Gasteiger partial charge on any atom is 0.220 e. The van der Waals surface area contributed by atoms with Crippen molar-refractivity contribution < 1.29 is 39.8 Å². The summed E-state index contributed by atoms with van der Waals surface area (Å²) in [5.41, 5.74) is 0. The van der Waals surface area contributed by atoms with Crippen LogP contribution in [0.15, 0.2) is 97.2 Å². The third-order valence-electron chi connectivity index (χ3n) is 15.0. The van der Waals surface area contributed by atoms with Crippen LogP contribution in [0, 0.1) is 0 Å². The number of unbranched alkanes of at least 4 members (excludes halogenated alkanes) is 29. The fraction of sp³-hybridized carbons (Fsp3) is 0.754. The average molecular weight is 1090 g/mol. The second-order valence-corrected chi connectivity index (χ2v) is 22.2. The standard InChI is InChI=1S/C69H121NO8/c1-3-5-7-9-11-13-15-17-19-21-23-25-26-27-28-29-30-31-32-33-34-35-36-37-38-39-41-43-45-47-49-51-53-55-57-59-65(73)70-62(61-77-69-68(76)67(75)66(74)64(60-71)78-69)63(72)58-56-54-52-50-48-46-44-42-40-24-22-20-18-16-14-12-10-8-6-4-2/h5,7,11,13,17,19,23,25,27-28,30-31,33-34,36-37,62-64,66-69,71-72,74-76H,3-4,6,8-10,12,14-16,18,20-22,24,26,29,32,35,38-61H2,1-2H3,(H,70,73)/b7-5-,13-11-,19-17-,25-23-,28-27-,31-30-,34-33-,37-36-. The molecule has 1 rings (SSSR count). The second-order valence-electron chi connectivity index (χ2n) is 22.2. The summed E-state index contributed by atoms with van der Waals surface area (Å²) in [6, 6.07) is -0.728. The van der Waals surface area contributed by atoms with Crippen LogP contribution in [0.25, 0.3) is 0 Å². The van der Waals surface area contributed by atoms with E-state index in [4.69, 9.17) is 9.47 Å². The molecule has 450 valence electrons. The highest BCUT2D eigenvalue weighted by Crippen LogP contribution is 2.23. The van der Waals surface area contributed by atoms with Gasteiger partial charge in [-0.25, -0.2) is 0 Å². The average Bonchev–Trinajstić information content (AvgIpc) is 3.45. The highest BCUT2D eigenvalue weighted by atomic mass is 16.7. The van der Waals surface area contributed by atoms with Crippen LogP contribution in [0.3, 0.4) is 0 Å². The molecular weight excluding hydrogens is 971 g/mol. The number of aliphatic hydroxyl groups is 5. The largest absolute Gasteiger partial charge is 0.394 e. The zero-order valence-electron chi connectivity index (χ0n) is 50.1. The van der Waals surface area contributed by atoms with Gasteiger partial charge in [0.2, 0.25) is 5.91 Å². The van der Waals surface area contributed by atoms with Gasteiger partial charge in [0.1, 0.15) is 24.4 Å². The molecule has 1 fully saturated rings. The molecule has 0 bridgehead atoms. The number of aliphatic hydroxyl groups excluding tert-OH is 5. The number of nitrogens with one attached hydrogen (secondary N) is 1. The molecule has 0 aliphatic carbocycles. The van der Waals surface area contributed by atoms with E-state index in [9.17, 15) is 30.3 Å². The van der Waals surface area contributed by atoms with E-state index in [0.29, 0.717) is 12.8 Å². The summed E-state index contributed by atoms with van der Waals surface area (Å²) in [6.45, 7) is 3.74. The topological polar surface area (TPSA) is 149 Å². The van der Waals surface area contributed by atoms with Crippen LogP contribution in [0.5, 0.6) is 0 Å². The van der Waals surface area contributed by atoms with Gasteiger partial charge in [0.15, 0.2) is 6.29 Å². The number of allylic oxidation sites excluding steroid dienone is 16. The second kappa shape index (κ2) is 57.3. The SMILES string of the molecule is CC/C=C\C/C=C\C/C=C\C/C=C\C/C=C\C/C=C\C/C=C\C/C=C\CCCCCCCCCCCCC(=O)NC(COC1OC(CO)C(O)C(O)C1O)C(O)CCCCCCCCCCCCCCCCCCCCCC. The molecular formula is C69H121NO8. The number of rotatable bonds is 55. The van der Waals surface area contributed by atoms with Gasteiger partial charge in [-0.05, 0) is 77.0 Å². The van der Waals surface area contributed by atoms with Crippen LogP contribution >= 0.6 is 0 Å². The molecule has 9 heteroatoms. The normalized spacial score (nSPS) is 19.3. The minimum Gasteiger partial charge on any atom is -0.394 e. The van der Waals surface area contributed by atoms with E-state index in [0.717, 1.165) is 96.3 Å². The molecule has 1 heterocycles. The zero-order chi connectivity index (χ0) is 56.5. The van der Waals surface area contributed by atoms with Crippen LogP contribution in [0.1, 0.15) is 277 Å². The van der Waals surface area contributed by atoms with Crippen molar-refractivity contribution in [1.82, 2.24) is 5.32 Å². The Kier molecular flexibility index (Phi) is 53.8. The summed E-state index contributed by atoms with van der Waals surface area (Å²) < 4.78 is 11.3. The summed E-state index contributed by atoms with van der Waals surface area (Å²) in [6.07, 6.45) is 75.8. The number of carbonyl (C=O) groups excluding carboxylic acids is 1. The van der Waals surface area contributed by atoms with Gasteiger partial charge in [-0.1, -0.05) is 291 Å². The lowest BCUT2D eigenvalue weighted by molar-refractivity contribution is -0.302. The highest BCUT2D eigenvalue weighted by molar-refractivity contribution is 5.76. The van der Waals surface area contributed by atoms with Crippen molar-refractivity contribution in [3.63, 3.8) is 0 Å². The predicted octanol–water partition coefficient (Wildman–Crippen LogP) is 17.1. The van der Waals surface area contributed by atoms with E-state index in [2.05, 4.69) is 116 Å². The van der Waals surface area contributed by atoms with Crippen molar-refractivity contribution in [1.29, 1.82) is 0 Å². The van der Waals surface area contributed by atoms with Gasteiger partial charge < -0.3 is 40.3 Å². The summed E-state index contributed by atoms with van der Waals surface area (Å²) in [5.74, 6) is -0.150. The predicted molar refractivity (Wildman–Crippen MR) is 331 cm³/mol. The Morgan fingerprint density at radius 3 is 1.18 bits per heavy atom. The lowest BCUT2D eigenvalue weighted by atomic mass is 9.99. The quantitative estimate of drug-likeness (QED) is 0.0261. The summed E-state index contributed by atoms with van der Waals surface area (Å²) >= 11 is 0. The first kappa shape index (κ1) is 73.1. The molecule has 78 heavy (non-hydrogen) atoms. The van der Waals surface area contributed by atoms with E-state index >= 15 is 0 Å². The molecule has 1 aliphatic rings. The molecule has 7 unspecified atom stereocenters. The molecule has 1 aliphatic heterocycles. The van der Waals surface area contributed by atoms with Crippen LogP contribution < -0.4 is 5.32 Å². The van der Waals surface area contributed by atoms with Crippen molar-refractivity contribution in [2.75, 3.05) is 13.2 Å². The van der Waals surface area contributed by atoms with Gasteiger partial charge in [0.25, 0.3) is 0 Å². The monoisotopic (exact) mass is 1090 g/mol. The first-order valence-corrected chi connectivity index (χ1v) is 32.4. The van der Waals surface area contributed by atoms with Crippen LogP contribution in [0.2, 0.25) is 0 Å². The van der Waals surface area contributed by atoms with Crippen molar-refractivity contribution >= 4 is 5.91 Å². The van der Waals surface area contributed by atoms with E-state index < -0.39 is 49.5 Å². The van der Waals surface area contributed by atoms with Gasteiger partial charge in [-0.2, -0.15) is 0 Å². The molecule has 0 spiro atoms. The van der Waals surface area contributed by atoms with Crippen LogP contribution in [-0.4, -0.2) is 87.5 Å². The summed E-state index contributed by atoms with van der Waals surface area (Å²) in [7, 11) is 0. The Bertz CT molecular complexity index is 1550. The van der Waals surface area contributed by atoms with Crippen LogP contribution in [-0.2, 0) is 14.3 Å². The van der Waals surface area contributed by atoms with Crippen molar-refractivity contribution in [2.24, 2.45) is 0 Å². The van der Waals surface area contributed by atoms with Gasteiger partial charge in [-0.3, -0.25) is 4.79 Å². The summed E-state index contributed by atoms with van der Waals surface area (Å²) in [4.78, 5) is 13.1. The minimum absolute atomic E-state index is 0.143. The third kappa shape index (κ3) is 45.8. The Morgan fingerprint density at radius 2 is 0.795 bits per heavy atom. The van der Waals surface area contributed by atoms with E-state index in [1.54, 1.807) is 0 Å². The molecule has 6 N–H and O–H groups in total. The first-order chi connectivity index (χ1) is 38.3. The smallest absolute Gasteiger partial charge is 0.220 e. The Labute approximate surface area is 479 Å². The van der Waals surface area contributed by atoms with E-state index in [1.165, 1.54) is 154 Å². The highest BCUT2D eigenvalue weighted by Gasteiger charge is 2.44. The summed E-state index contributed by atoms with van der Waals surface area (Å²) in [5, 5.41) is 54.8. The third-order valence-corrected chi connectivity index (χ3v) is 15.0.